The number of oxime groups is 1. The van der Waals surface area contributed by atoms with E-state index < -0.39 is 5.82 Å². The van der Waals surface area contributed by atoms with E-state index in [1.165, 1.54) is 18.5 Å². The van der Waals surface area contributed by atoms with Gasteiger partial charge in [0.05, 0.1) is 5.56 Å². The molecule has 2 aromatic rings. The van der Waals surface area contributed by atoms with Crippen LogP contribution in [0.5, 0.6) is 0 Å². The van der Waals surface area contributed by atoms with Crippen LogP contribution in [0, 0.1) is 5.82 Å². The lowest BCUT2D eigenvalue weighted by Crippen LogP contribution is -2.16. The van der Waals surface area contributed by atoms with Crippen LogP contribution >= 0.6 is 11.8 Å². The molecule has 0 spiro atoms. The minimum atomic E-state index is -0.565. The Bertz CT molecular complexity index is 542. The second kappa shape index (κ2) is 4.83. The molecule has 4 N–H and O–H groups in total. The number of amidine groups is 1. The van der Waals surface area contributed by atoms with Crippen molar-refractivity contribution in [1.29, 1.82) is 0 Å². The summed E-state index contributed by atoms with van der Waals surface area (Å²) in [4.78, 5) is 4.38. The average molecular weight is 253 g/mol. The molecule has 2 rings (SSSR count). The molecule has 0 fully saturated rings. The third kappa shape index (κ3) is 2.36. The number of hydrogen-bond donors (Lipinski definition) is 3. The van der Waals surface area contributed by atoms with E-state index in [0.717, 1.165) is 11.8 Å². The van der Waals surface area contributed by atoms with Gasteiger partial charge in [0.2, 0.25) is 0 Å². The molecule has 6 nitrogen and oxygen atoms in total. The molecule has 1 heterocycles. The summed E-state index contributed by atoms with van der Waals surface area (Å²) in [6.45, 7) is 0. The second-order valence-electron chi connectivity index (χ2n) is 2.99. The van der Waals surface area contributed by atoms with Crippen molar-refractivity contribution in [3.05, 3.63) is 35.9 Å². The van der Waals surface area contributed by atoms with Gasteiger partial charge in [0.25, 0.3) is 0 Å². The topological polar surface area (TPSA) is 100 Å². The SMILES string of the molecule is NC(=NO)c1c(F)cccc1Sc1ncn[nH]1. The highest BCUT2D eigenvalue weighted by atomic mass is 32.2. The normalized spacial score (nSPS) is 11.7. The van der Waals surface area contributed by atoms with Gasteiger partial charge in [0.1, 0.15) is 12.1 Å². The van der Waals surface area contributed by atoms with Crippen LogP contribution in [-0.2, 0) is 0 Å². The third-order valence-corrected chi connectivity index (χ3v) is 2.89. The molecular weight excluding hydrogens is 245 g/mol. The van der Waals surface area contributed by atoms with Crippen LogP contribution in [0.15, 0.2) is 39.7 Å². The van der Waals surface area contributed by atoms with Gasteiger partial charge in [-0.15, -0.1) is 0 Å². The second-order valence-corrected chi connectivity index (χ2v) is 4.02. The van der Waals surface area contributed by atoms with Gasteiger partial charge in [0, 0.05) is 4.90 Å². The van der Waals surface area contributed by atoms with E-state index in [4.69, 9.17) is 10.9 Å². The van der Waals surface area contributed by atoms with Crippen LogP contribution in [0.2, 0.25) is 0 Å². The summed E-state index contributed by atoms with van der Waals surface area (Å²) in [5.74, 6) is -0.852. The molecule has 1 aromatic heterocycles. The minimum absolute atomic E-state index is 0.0383. The fourth-order valence-electron chi connectivity index (χ4n) is 1.24. The standard InChI is InChI=1S/C9H8FN5OS/c10-5-2-1-3-6(7(5)8(11)15-16)17-9-12-4-13-14-9/h1-4,16H,(H2,11,15)(H,12,13,14). The molecule has 1 aromatic carbocycles. The van der Waals surface area contributed by atoms with Gasteiger partial charge < -0.3 is 10.9 Å². The number of nitrogens with two attached hydrogens (primary N) is 1. The van der Waals surface area contributed by atoms with Crippen LogP contribution in [0.3, 0.4) is 0 Å². The molecule has 0 bridgehead atoms. The van der Waals surface area contributed by atoms with Crippen molar-refractivity contribution >= 4 is 17.6 Å². The zero-order chi connectivity index (χ0) is 12.3. The van der Waals surface area contributed by atoms with Gasteiger partial charge in [-0.3, -0.25) is 5.10 Å². The number of nitrogens with zero attached hydrogens (tertiary/aromatic N) is 3. The molecule has 0 aliphatic heterocycles. The minimum Gasteiger partial charge on any atom is -0.409 e. The largest absolute Gasteiger partial charge is 0.409 e. The number of H-pyrrole nitrogens is 1. The molecule has 0 aliphatic rings. The van der Waals surface area contributed by atoms with Crippen LogP contribution in [0.25, 0.3) is 0 Å². The first-order valence-corrected chi connectivity index (χ1v) is 5.33. The van der Waals surface area contributed by atoms with Gasteiger partial charge in [-0.2, -0.15) is 5.10 Å². The monoisotopic (exact) mass is 253 g/mol. The van der Waals surface area contributed by atoms with Gasteiger partial charge in [-0.05, 0) is 23.9 Å². The summed E-state index contributed by atoms with van der Waals surface area (Å²) in [6, 6.07) is 4.41. The van der Waals surface area contributed by atoms with Crippen molar-refractivity contribution in [1.82, 2.24) is 15.2 Å². The van der Waals surface area contributed by atoms with Crippen molar-refractivity contribution < 1.29 is 9.60 Å². The number of halogens is 1. The molecule has 88 valence electrons. The zero-order valence-electron chi connectivity index (χ0n) is 8.46. The van der Waals surface area contributed by atoms with E-state index >= 15 is 0 Å². The first-order chi connectivity index (χ1) is 8.22. The molecule has 0 aliphatic carbocycles. The van der Waals surface area contributed by atoms with Crippen molar-refractivity contribution in [2.75, 3.05) is 0 Å². The summed E-state index contributed by atoms with van der Waals surface area (Å²) < 4.78 is 13.6. The summed E-state index contributed by atoms with van der Waals surface area (Å²) in [7, 11) is 0. The maximum absolute atomic E-state index is 13.6. The lowest BCUT2D eigenvalue weighted by atomic mass is 10.2. The third-order valence-electron chi connectivity index (χ3n) is 1.94. The van der Waals surface area contributed by atoms with Crippen LogP contribution < -0.4 is 5.73 Å². The van der Waals surface area contributed by atoms with Crippen molar-refractivity contribution in [3.8, 4) is 0 Å². The zero-order valence-corrected chi connectivity index (χ0v) is 9.28. The van der Waals surface area contributed by atoms with Crippen molar-refractivity contribution in [2.24, 2.45) is 10.9 Å². The Kier molecular flexibility index (Phi) is 3.24. The summed E-state index contributed by atoms with van der Waals surface area (Å²) in [5.41, 5.74) is 5.46. The van der Waals surface area contributed by atoms with E-state index in [2.05, 4.69) is 20.3 Å². The number of aromatic amines is 1. The van der Waals surface area contributed by atoms with Gasteiger partial charge in [-0.25, -0.2) is 9.37 Å². The molecule has 0 saturated carbocycles. The van der Waals surface area contributed by atoms with Crippen LogP contribution in [0.4, 0.5) is 4.39 Å². The van der Waals surface area contributed by atoms with Crippen molar-refractivity contribution in [2.45, 2.75) is 10.1 Å². The molecule has 8 heteroatoms. The Morgan fingerprint density at radius 1 is 1.53 bits per heavy atom. The van der Waals surface area contributed by atoms with E-state index in [1.807, 2.05) is 0 Å². The van der Waals surface area contributed by atoms with E-state index in [9.17, 15) is 4.39 Å². The highest BCUT2D eigenvalue weighted by molar-refractivity contribution is 7.99. The number of aromatic nitrogens is 3. The molecule has 0 unspecified atom stereocenters. The molecule has 0 radical (unpaired) electrons. The first-order valence-electron chi connectivity index (χ1n) is 4.52. The lowest BCUT2D eigenvalue weighted by molar-refractivity contribution is 0.318. The Balaban J connectivity index is 2.43. The number of benzene rings is 1. The van der Waals surface area contributed by atoms with Crippen LogP contribution in [0.1, 0.15) is 5.56 Å². The van der Waals surface area contributed by atoms with Gasteiger partial charge in [-0.1, -0.05) is 11.2 Å². The highest BCUT2D eigenvalue weighted by Crippen LogP contribution is 2.28. The van der Waals surface area contributed by atoms with Crippen LogP contribution in [-0.4, -0.2) is 26.2 Å². The quantitative estimate of drug-likeness (QED) is 0.330. The fraction of sp³-hybridized carbons (Fsp3) is 0. The molecule has 0 amide bonds. The summed E-state index contributed by atoms with van der Waals surface area (Å²) >= 11 is 1.14. The van der Waals surface area contributed by atoms with E-state index in [-0.39, 0.29) is 11.4 Å². The Hall–Kier alpha value is -2.09. The maximum atomic E-state index is 13.6. The lowest BCUT2D eigenvalue weighted by Gasteiger charge is -2.06. The maximum Gasteiger partial charge on any atom is 0.188 e. The Morgan fingerprint density at radius 2 is 2.35 bits per heavy atom. The molecular formula is C9H8FN5OS. The van der Waals surface area contributed by atoms with E-state index in [0.29, 0.717) is 10.1 Å². The average Bonchev–Trinajstić information content (AvgIpc) is 2.81. The number of hydrogen-bond acceptors (Lipinski definition) is 5. The van der Waals surface area contributed by atoms with Gasteiger partial charge in [0.15, 0.2) is 11.0 Å². The molecule has 17 heavy (non-hydrogen) atoms. The smallest absolute Gasteiger partial charge is 0.188 e. The molecule has 0 atom stereocenters. The van der Waals surface area contributed by atoms with Gasteiger partial charge >= 0.3 is 0 Å². The van der Waals surface area contributed by atoms with Crippen molar-refractivity contribution in [3.63, 3.8) is 0 Å². The Morgan fingerprint density at radius 3 is 3.00 bits per heavy atom. The van der Waals surface area contributed by atoms with E-state index in [1.54, 1.807) is 6.07 Å². The highest BCUT2D eigenvalue weighted by Gasteiger charge is 2.14. The number of rotatable bonds is 3. The predicted octanol–water partition coefficient (Wildman–Crippen LogP) is 1.19. The predicted molar refractivity (Wildman–Crippen MR) is 59.4 cm³/mol. The summed E-state index contributed by atoms with van der Waals surface area (Å²) in [5, 5.41) is 18.2. The number of nitrogens with one attached hydrogen (secondary N) is 1. The summed E-state index contributed by atoms with van der Waals surface area (Å²) in [6.07, 6.45) is 1.34. The molecule has 0 saturated heterocycles. The fourth-order valence-corrected chi connectivity index (χ4v) is 2.09. The Labute approximate surface area is 99.7 Å². The first kappa shape index (κ1) is 11.4.